The van der Waals surface area contributed by atoms with Crippen LogP contribution in [0.3, 0.4) is 0 Å². The van der Waals surface area contributed by atoms with E-state index in [2.05, 4.69) is 5.32 Å². The molecule has 0 fully saturated rings. The van der Waals surface area contributed by atoms with E-state index in [1.54, 1.807) is 18.2 Å². The highest BCUT2D eigenvalue weighted by atomic mass is 19.4. The smallest absolute Gasteiger partial charge is 0.416 e. The van der Waals surface area contributed by atoms with Gasteiger partial charge in [0.2, 0.25) is 5.75 Å². The second-order valence-corrected chi connectivity index (χ2v) is 6.69. The van der Waals surface area contributed by atoms with Gasteiger partial charge in [-0.05, 0) is 35.9 Å². The van der Waals surface area contributed by atoms with Crippen molar-refractivity contribution in [2.24, 2.45) is 0 Å². The quantitative estimate of drug-likeness (QED) is 0.325. The van der Waals surface area contributed by atoms with Crippen molar-refractivity contribution in [3.05, 3.63) is 92.0 Å². The highest BCUT2D eigenvalue weighted by molar-refractivity contribution is 5.55. The molecular weight excluding hydrogens is 447 g/mol. The molecule has 33 heavy (non-hydrogen) atoms. The summed E-state index contributed by atoms with van der Waals surface area (Å²) < 4.78 is 49.4. The third-order valence-corrected chi connectivity index (χ3v) is 4.48. The normalized spacial score (nSPS) is 11.0. The lowest BCUT2D eigenvalue weighted by Crippen LogP contribution is -2.06. The Morgan fingerprint density at radius 2 is 1.64 bits per heavy atom. The molecule has 0 amide bonds. The third-order valence-electron chi connectivity index (χ3n) is 4.48. The predicted molar refractivity (Wildman–Crippen MR) is 112 cm³/mol. The molecule has 0 aliphatic rings. The van der Waals surface area contributed by atoms with Crippen molar-refractivity contribution in [1.29, 1.82) is 0 Å². The topological polar surface area (TPSA) is 117 Å². The van der Waals surface area contributed by atoms with Gasteiger partial charge in [-0.15, -0.1) is 0 Å². The standard InChI is InChI=1S/C21H16F3N3O6/c1-32-20-9-13(12-25-15-3-2-4-16(11-15)26(28)29)5-7-19(20)33-18-8-6-14(21(22,23)24)10-17(18)27(30)31/h2-11,25H,12H2,1H3. The maximum Gasteiger partial charge on any atom is 0.416 e. The number of rotatable bonds is 8. The van der Waals surface area contributed by atoms with Crippen molar-refractivity contribution < 1.29 is 32.5 Å². The molecule has 172 valence electrons. The zero-order chi connectivity index (χ0) is 24.2. The first-order valence-electron chi connectivity index (χ1n) is 9.27. The van der Waals surface area contributed by atoms with Crippen LogP contribution >= 0.6 is 0 Å². The van der Waals surface area contributed by atoms with Gasteiger partial charge in [0.05, 0.1) is 22.5 Å². The first kappa shape index (κ1) is 23.3. The van der Waals surface area contributed by atoms with Crippen LogP contribution in [-0.2, 0) is 12.7 Å². The molecule has 3 rings (SSSR count). The zero-order valence-electron chi connectivity index (χ0n) is 17.0. The number of nitrogens with one attached hydrogen (secondary N) is 1. The molecule has 0 saturated carbocycles. The molecule has 12 heteroatoms. The van der Waals surface area contributed by atoms with Crippen LogP contribution in [0, 0.1) is 20.2 Å². The van der Waals surface area contributed by atoms with Gasteiger partial charge in [-0.25, -0.2) is 0 Å². The minimum atomic E-state index is -4.74. The van der Waals surface area contributed by atoms with Crippen LogP contribution in [0.25, 0.3) is 0 Å². The average molecular weight is 463 g/mol. The van der Waals surface area contributed by atoms with Crippen molar-refractivity contribution >= 4 is 17.1 Å². The molecule has 0 saturated heterocycles. The maximum atomic E-state index is 12.9. The summed E-state index contributed by atoms with van der Waals surface area (Å²) in [6, 6.07) is 12.5. The lowest BCUT2D eigenvalue weighted by Gasteiger charge is -2.14. The Bertz CT molecular complexity index is 1200. The average Bonchev–Trinajstić information content (AvgIpc) is 2.77. The summed E-state index contributed by atoms with van der Waals surface area (Å²) in [7, 11) is 1.33. The summed E-state index contributed by atoms with van der Waals surface area (Å²) >= 11 is 0. The molecule has 0 heterocycles. The van der Waals surface area contributed by atoms with Gasteiger partial charge in [0.25, 0.3) is 5.69 Å². The molecule has 0 bridgehead atoms. The minimum absolute atomic E-state index is 0.0551. The van der Waals surface area contributed by atoms with E-state index in [0.717, 1.165) is 6.07 Å². The van der Waals surface area contributed by atoms with Gasteiger partial charge in [-0.2, -0.15) is 13.2 Å². The SMILES string of the molecule is COc1cc(CNc2cccc([N+](=O)[O-])c2)ccc1Oc1ccc(C(F)(F)F)cc1[N+](=O)[O-]. The number of anilines is 1. The van der Waals surface area contributed by atoms with Gasteiger partial charge >= 0.3 is 11.9 Å². The molecular formula is C21H16F3N3O6. The summed E-state index contributed by atoms with van der Waals surface area (Å²) in [5.41, 5.74) is -0.879. The Morgan fingerprint density at radius 3 is 2.27 bits per heavy atom. The number of non-ortho nitro benzene ring substituents is 1. The van der Waals surface area contributed by atoms with E-state index < -0.39 is 27.3 Å². The number of halogens is 3. The lowest BCUT2D eigenvalue weighted by atomic mass is 10.1. The van der Waals surface area contributed by atoms with E-state index in [-0.39, 0.29) is 29.5 Å². The van der Waals surface area contributed by atoms with Crippen LogP contribution in [0.15, 0.2) is 60.7 Å². The highest BCUT2D eigenvalue weighted by Crippen LogP contribution is 2.40. The van der Waals surface area contributed by atoms with Crippen molar-refractivity contribution in [1.82, 2.24) is 0 Å². The van der Waals surface area contributed by atoms with Gasteiger partial charge in [0, 0.05) is 30.4 Å². The van der Waals surface area contributed by atoms with Gasteiger partial charge in [-0.3, -0.25) is 20.2 Å². The fourth-order valence-electron chi connectivity index (χ4n) is 2.88. The van der Waals surface area contributed by atoms with E-state index in [1.807, 2.05) is 0 Å². The Hall–Kier alpha value is -4.35. The summed E-state index contributed by atoms with van der Waals surface area (Å²) in [6.07, 6.45) is -4.74. The Kier molecular flexibility index (Phi) is 6.66. The Balaban J connectivity index is 1.81. The molecule has 0 atom stereocenters. The van der Waals surface area contributed by atoms with Crippen LogP contribution in [0.5, 0.6) is 17.2 Å². The second-order valence-electron chi connectivity index (χ2n) is 6.69. The van der Waals surface area contributed by atoms with Gasteiger partial charge in [0.15, 0.2) is 11.5 Å². The Labute approximate surface area is 184 Å². The van der Waals surface area contributed by atoms with Crippen molar-refractivity contribution in [2.75, 3.05) is 12.4 Å². The molecule has 1 N–H and O–H groups in total. The fourth-order valence-corrected chi connectivity index (χ4v) is 2.88. The number of nitrogens with zero attached hydrogens (tertiary/aromatic N) is 2. The highest BCUT2D eigenvalue weighted by Gasteiger charge is 2.33. The number of methoxy groups -OCH3 is 1. The van der Waals surface area contributed by atoms with Crippen LogP contribution in [0.4, 0.5) is 30.2 Å². The zero-order valence-corrected chi connectivity index (χ0v) is 17.0. The molecule has 0 aliphatic carbocycles. The van der Waals surface area contributed by atoms with Crippen molar-refractivity contribution in [2.45, 2.75) is 12.7 Å². The summed E-state index contributed by atoms with van der Waals surface area (Å²) in [4.78, 5) is 20.7. The monoisotopic (exact) mass is 463 g/mol. The lowest BCUT2D eigenvalue weighted by molar-refractivity contribution is -0.385. The maximum absolute atomic E-state index is 12.9. The minimum Gasteiger partial charge on any atom is -0.493 e. The van der Waals surface area contributed by atoms with E-state index in [0.29, 0.717) is 23.4 Å². The predicted octanol–water partition coefficient (Wildman–Crippen LogP) is 5.93. The number of ether oxygens (including phenoxy) is 2. The number of hydrogen-bond acceptors (Lipinski definition) is 7. The van der Waals surface area contributed by atoms with Gasteiger partial charge in [-0.1, -0.05) is 12.1 Å². The van der Waals surface area contributed by atoms with E-state index in [9.17, 15) is 33.4 Å². The van der Waals surface area contributed by atoms with Crippen LogP contribution in [0.1, 0.15) is 11.1 Å². The molecule has 0 radical (unpaired) electrons. The summed E-state index contributed by atoms with van der Waals surface area (Å²) in [5.74, 6) is -0.143. The number of alkyl halides is 3. The van der Waals surface area contributed by atoms with Crippen LogP contribution in [0.2, 0.25) is 0 Å². The number of nitro groups is 2. The number of nitro benzene ring substituents is 2. The molecule has 0 spiro atoms. The number of benzene rings is 3. The number of hydrogen-bond donors (Lipinski definition) is 1. The second kappa shape index (κ2) is 9.42. The van der Waals surface area contributed by atoms with E-state index in [4.69, 9.17) is 9.47 Å². The van der Waals surface area contributed by atoms with E-state index in [1.165, 1.54) is 31.4 Å². The first-order chi connectivity index (χ1) is 15.6. The molecule has 9 nitrogen and oxygen atoms in total. The molecule has 0 aromatic heterocycles. The molecule has 3 aromatic rings. The van der Waals surface area contributed by atoms with Crippen molar-refractivity contribution in [3.8, 4) is 17.2 Å². The fraction of sp³-hybridized carbons (Fsp3) is 0.143. The van der Waals surface area contributed by atoms with E-state index >= 15 is 0 Å². The molecule has 0 aliphatic heterocycles. The van der Waals surface area contributed by atoms with Gasteiger partial charge in [0.1, 0.15) is 0 Å². The molecule has 3 aromatic carbocycles. The van der Waals surface area contributed by atoms with Crippen LogP contribution < -0.4 is 14.8 Å². The third kappa shape index (κ3) is 5.67. The first-order valence-corrected chi connectivity index (χ1v) is 9.27. The Morgan fingerprint density at radius 1 is 0.909 bits per heavy atom. The summed E-state index contributed by atoms with van der Waals surface area (Å²) in [5, 5.41) is 25.2. The van der Waals surface area contributed by atoms with Gasteiger partial charge < -0.3 is 14.8 Å². The largest absolute Gasteiger partial charge is 0.493 e. The van der Waals surface area contributed by atoms with Crippen LogP contribution in [-0.4, -0.2) is 17.0 Å². The summed E-state index contributed by atoms with van der Waals surface area (Å²) in [6.45, 7) is 0.262. The molecule has 0 unspecified atom stereocenters. The van der Waals surface area contributed by atoms with Crippen molar-refractivity contribution in [3.63, 3.8) is 0 Å².